The Balaban J connectivity index is 1.93. The molecule has 0 aliphatic carbocycles. The fraction of sp³-hybridized carbons (Fsp3) is 0.188. The number of hydrogen-bond acceptors (Lipinski definition) is 3. The van der Waals surface area contributed by atoms with Crippen LogP contribution in [0.3, 0.4) is 0 Å². The van der Waals surface area contributed by atoms with Crippen molar-refractivity contribution in [3.8, 4) is 11.3 Å². The molecule has 0 bridgehead atoms. The number of nitrogens with two attached hydrogens (primary N) is 1. The smallest absolute Gasteiger partial charge is 0.128 e. The van der Waals surface area contributed by atoms with Crippen molar-refractivity contribution in [2.75, 3.05) is 0 Å². The fourth-order valence-corrected chi connectivity index (χ4v) is 2.35. The summed E-state index contributed by atoms with van der Waals surface area (Å²) in [6.45, 7) is 3.88. The highest BCUT2D eigenvalue weighted by molar-refractivity contribution is 5.61. The van der Waals surface area contributed by atoms with E-state index in [1.165, 1.54) is 0 Å². The Morgan fingerprint density at radius 3 is 2.60 bits per heavy atom. The van der Waals surface area contributed by atoms with Gasteiger partial charge in [0.15, 0.2) is 0 Å². The van der Waals surface area contributed by atoms with E-state index < -0.39 is 0 Å². The zero-order valence-corrected chi connectivity index (χ0v) is 11.6. The highest BCUT2D eigenvalue weighted by Gasteiger charge is 2.15. The predicted octanol–water partition coefficient (Wildman–Crippen LogP) is 3.33. The summed E-state index contributed by atoms with van der Waals surface area (Å²) < 4.78 is 5.54. The van der Waals surface area contributed by atoms with Crippen molar-refractivity contribution in [3.63, 3.8) is 0 Å². The molecule has 0 spiro atoms. The summed E-state index contributed by atoms with van der Waals surface area (Å²) in [5.41, 5.74) is 9.23. The molecule has 3 rings (SSSR count). The molecule has 0 aliphatic rings. The van der Waals surface area contributed by atoms with Gasteiger partial charge in [0, 0.05) is 5.56 Å². The average molecular weight is 267 g/mol. The van der Waals surface area contributed by atoms with Crippen LogP contribution in [0.2, 0.25) is 0 Å². The number of hydrogen-bond donors (Lipinski definition) is 2. The minimum Gasteiger partial charge on any atom is -0.466 e. The van der Waals surface area contributed by atoms with E-state index in [2.05, 4.69) is 9.97 Å². The van der Waals surface area contributed by atoms with Crippen LogP contribution in [-0.4, -0.2) is 9.97 Å². The van der Waals surface area contributed by atoms with E-state index in [0.717, 1.165) is 34.2 Å². The molecule has 20 heavy (non-hydrogen) atoms. The SMILES string of the molecule is Cc1cc(-c2cnc(C(N)c3ccccc3)[nH]2)c(C)o1. The lowest BCUT2D eigenvalue weighted by Crippen LogP contribution is -2.13. The van der Waals surface area contributed by atoms with Gasteiger partial charge in [0.2, 0.25) is 0 Å². The second kappa shape index (κ2) is 4.98. The minimum atomic E-state index is -0.252. The highest BCUT2D eigenvalue weighted by atomic mass is 16.3. The summed E-state index contributed by atoms with van der Waals surface area (Å²) in [5.74, 6) is 2.52. The van der Waals surface area contributed by atoms with Crippen molar-refractivity contribution >= 4 is 0 Å². The molecule has 1 aromatic carbocycles. The normalized spacial score (nSPS) is 12.6. The largest absolute Gasteiger partial charge is 0.466 e. The zero-order valence-electron chi connectivity index (χ0n) is 11.6. The molecule has 0 amide bonds. The highest BCUT2D eigenvalue weighted by Crippen LogP contribution is 2.26. The first-order valence-electron chi connectivity index (χ1n) is 6.58. The summed E-state index contributed by atoms with van der Waals surface area (Å²) in [5, 5.41) is 0. The van der Waals surface area contributed by atoms with Gasteiger partial charge in [0.05, 0.1) is 17.9 Å². The van der Waals surface area contributed by atoms with Gasteiger partial charge in [-0.25, -0.2) is 4.98 Å². The maximum atomic E-state index is 6.23. The van der Waals surface area contributed by atoms with Gasteiger partial charge in [-0.1, -0.05) is 30.3 Å². The standard InChI is InChI=1S/C16H17N3O/c1-10-8-13(11(2)20-10)14-9-18-16(19-14)15(17)12-6-4-3-5-7-12/h3-9,15H,17H2,1-2H3,(H,18,19). The summed E-state index contributed by atoms with van der Waals surface area (Å²) >= 11 is 0. The van der Waals surface area contributed by atoms with Crippen molar-refractivity contribution in [2.45, 2.75) is 19.9 Å². The van der Waals surface area contributed by atoms with Crippen molar-refractivity contribution in [3.05, 3.63) is 65.5 Å². The molecule has 102 valence electrons. The molecule has 4 heteroatoms. The molecule has 2 aromatic heterocycles. The molecular formula is C16H17N3O. The summed E-state index contributed by atoms with van der Waals surface area (Å²) in [7, 11) is 0. The lowest BCUT2D eigenvalue weighted by atomic mass is 10.1. The predicted molar refractivity (Wildman–Crippen MR) is 78.2 cm³/mol. The first-order valence-corrected chi connectivity index (χ1v) is 6.58. The molecular weight excluding hydrogens is 250 g/mol. The van der Waals surface area contributed by atoms with Crippen molar-refractivity contribution in [1.82, 2.24) is 9.97 Å². The number of aromatic amines is 1. The number of H-pyrrole nitrogens is 1. The quantitative estimate of drug-likeness (QED) is 0.764. The monoisotopic (exact) mass is 267 g/mol. The number of nitrogens with one attached hydrogen (secondary N) is 1. The van der Waals surface area contributed by atoms with Crippen LogP contribution in [-0.2, 0) is 0 Å². The molecule has 1 atom stereocenters. The summed E-state index contributed by atoms with van der Waals surface area (Å²) in [6, 6.07) is 11.7. The van der Waals surface area contributed by atoms with Crippen LogP contribution in [0.5, 0.6) is 0 Å². The second-order valence-electron chi connectivity index (χ2n) is 4.90. The summed E-state index contributed by atoms with van der Waals surface area (Å²) in [4.78, 5) is 7.68. The van der Waals surface area contributed by atoms with Gasteiger partial charge in [0.1, 0.15) is 17.3 Å². The molecule has 0 saturated heterocycles. The maximum absolute atomic E-state index is 6.23. The van der Waals surface area contributed by atoms with E-state index in [1.54, 1.807) is 6.20 Å². The molecule has 0 fully saturated rings. The third kappa shape index (κ3) is 2.26. The Morgan fingerprint density at radius 2 is 1.95 bits per heavy atom. The van der Waals surface area contributed by atoms with Gasteiger partial charge in [-0.15, -0.1) is 0 Å². The first-order chi connectivity index (χ1) is 9.65. The topological polar surface area (TPSA) is 67.8 Å². The molecule has 4 nitrogen and oxygen atoms in total. The fourth-order valence-electron chi connectivity index (χ4n) is 2.35. The number of imidazole rings is 1. The van der Waals surface area contributed by atoms with Gasteiger partial charge >= 0.3 is 0 Å². The van der Waals surface area contributed by atoms with Gasteiger partial charge in [0.25, 0.3) is 0 Å². The van der Waals surface area contributed by atoms with Crippen LogP contribution in [0.1, 0.15) is 29.0 Å². The molecule has 0 radical (unpaired) electrons. The Bertz CT molecular complexity index is 712. The van der Waals surface area contributed by atoms with Gasteiger partial charge in [-0.05, 0) is 25.5 Å². The van der Waals surface area contributed by atoms with E-state index in [0.29, 0.717) is 0 Å². The van der Waals surface area contributed by atoms with Crippen molar-refractivity contribution in [1.29, 1.82) is 0 Å². The van der Waals surface area contributed by atoms with E-state index in [4.69, 9.17) is 10.2 Å². The van der Waals surface area contributed by atoms with Gasteiger partial charge < -0.3 is 15.1 Å². The third-order valence-electron chi connectivity index (χ3n) is 3.38. The van der Waals surface area contributed by atoms with Crippen LogP contribution >= 0.6 is 0 Å². The summed E-state index contributed by atoms with van der Waals surface area (Å²) in [6.07, 6.45) is 1.80. The van der Waals surface area contributed by atoms with Crippen LogP contribution in [0.15, 0.2) is 47.0 Å². The number of aryl methyl sites for hydroxylation is 2. The van der Waals surface area contributed by atoms with Gasteiger partial charge in [-0.3, -0.25) is 0 Å². The molecule has 2 heterocycles. The van der Waals surface area contributed by atoms with Crippen LogP contribution in [0.25, 0.3) is 11.3 Å². The first kappa shape index (κ1) is 12.7. The Labute approximate surface area is 117 Å². The molecule has 1 unspecified atom stereocenters. The Kier molecular flexibility index (Phi) is 3.16. The number of aromatic nitrogens is 2. The van der Waals surface area contributed by atoms with Crippen LogP contribution < -0.4 is 5.73 Å². The van der Waals surface area contributed by atoms with E-state index in [1.807, 2.05) is 50.2 Å². The Hall–Kier alpha value is -2.33. The average Bonchev–Trinajstić information content (AvgIpc) is 3.05. The van der Waals surface area contributed by atoms with E-state index >= 15 is 0 Å². The maximum Gasteiger partial charge on any atom is 0.128 e. The Morgan fingerprint density at radius 1 is 1.20 bits per heavy atom. The lowest BCUT2D eigenvalue weighted by molar-refractivity contribution is 0.505. The third-order valence-corrected chi connectivity index (χ3v) is 3.38. The number of benzene rings is 1. The molecule has 0 saturated carbocycles. The van der Waals surface area contributed by atoms with E-state index in [-0.39, 0.29) is 6.04 Å². The number of nitrogens with zero attached hydrogens (tertiary/aromatic N) is 1. The number of furan rings is 1. The van der Waals surface area contributed by atoms with Crippen molar-refractivity contribution < 1.29 is 4.42 Å². The second-order valence-corrected chi connectivity index (χ2v) is 4.90. The lowest BCUT2D eigenvalue weighted by Gasteiger charge is -2.08. The van der Waals surface area contributed by atoms with Gasteiger partial charge in [-0.2, -0.15) is 0 Å². The molecule has 0 aliphatic heterocycles. The van der Waals surface area contributed by atoms with E-state index in [9.17, 15) is 0 Å². The van der Waals surface area contributed by atoms with Crippen molar-refractivity contribution in [2.24, 2.45) is 5.73 Å². The van der Waals surface area contributed by atoms with Crippen LogP contribution in [0.4, 0.5) is 0 Å². The zero-order chi connectivity index (χ0) is 14.1. The molecule has 3 aromatic rings. The van der Waals surface area contributed by atoms with Crippen LogP contribution in [0, 0.1) is 13.8 Å². The minimum absolute atomic E-state index is 0.252. The molecule has 3 N–H and O–H groups in total. The number of rotatable bonds is 3.